The van der Waals surface area contributed by atoms with E-state index in [1.807, 2.05) is 6.92 Å². The number of aliphatic hydroxyl groups is 1. The Kier molecular flexibility index (Phi) is 4.27. The van der Waals surface area contributed by atoms with Crippen molar-refractivity contribution >= 4 is 15.9 Å². The first-order chi connectivity index (χ1) is 8.97. The number of aliphatic hydroxyl groups excluding tert-OH is 1. The van der Waals surface area contributed by atoms with E-state index in [2.05, 4.69) is 26.1 Å². The fourth-order valence-electron chi connectivity index (χ4n) is 1.91. The van der Waals surface area contributed by atoms with Gasteiger partial charge in [-0.15, -0.1) is 0 Å². The van der Waals surface area contributed by atoms with Crippen molar-refractivity contribution in [2.75, 3.05) is 0 Å². The zero-order valence-electron chi connectivity index (χ0n) is 10.7. The van der Waals surface area contributed by atoms with Crippen molar-refractivity contribution in [2.45, 2.75) is 26.4 Å². The minimum Gasteiger partial charge on any atom is -0.388 e. The summed E-state index contributed by atoms with van der Waals surface area (Å²) in [6, 6.07) is 6.60. The third-order valence-corrected chi connectivity index (χ3v) is 3.42. The Morgan fingerprint density at radius 3 is 2.68 bits per heavy atom. The Hall–Kier alpha value is -1.33. The smallest absolute Gasteiger partial charge is 0.127 e. The number of aryl methyl sites for hydroxylation is 2. The van der Waals surface area contributed by atoms with Crippen LogP contribution in [0.15, 0.2) is 28.7 Å². The van der Waals surface area contributed by atoms with Crippen LogP contribution in [0.2, 0.25) is 0 Å². The number of benzene rings is 1. The van der Waals surface area contributed by atoms with Crippen LogP contribution >= 0.6 is 15.9 Å². The van der Waals surface area contributed by atoms with Crippen LogP contribution in [0.5, 0.6) is 0 Å². The van der Waals surface area contributed by atoms with Crippen molar-refractivity contribution in [3.8, 4) is 0 Å². The van der Waals surface area contributed by atoms with Gasteiger partial charge in [-0.25, -0.2) is 4.39 Å². The van der Waals surface area contributed by atoms with Crippen LogP contribution in [0.4, 0.5) is 4.39 Å². The zero-order chi connectivity index (χ0) is 14.0. The molecule has 0 aliphatic carbocycles. The third-order valence-electron chi connectivity index (χ3n) is 2.93. The van der Waals surface area contributed by atoms with Gasteiger partial charge in [-0.1, -0.05) is 22.0 Å². The number of halogens is 2. The van der Waals surface area contributed by atoms with Crippen LogP contribution in [0, 0.1) is 19.7 Å². The van der Waals surface area contributed by atoms with Crippen molar-refractivity contribution in [1.29, 1.82) is 0 Å². The van der Waals surface area contributed by atoms with Crippen molar-refractivity contribution < 1.29 is 9.50 Å². The van der Waals surface area contributed by atoms with Gasteiger partial charge in [0.2, 0.25) is 0 Å². The summed E-state index contributed by atoms with van der Waals surface area (Å²) in [6.07, 6.45) is -0.574. The molecule has 1 aromatic carbocycles. The van der Waals surface area contributed by atoms with E-state index in [0.29, 0.717) is 21.3 Å². The Balaban J connectivity index is 2.25. The van der Waals surface area contributed by atoms with Crippen molar-refractivity contribution in [1.82, 2.24) is 10.2 Å². The molecule has 0 radical (unpaired) electrons. The van der Waals surface area contributed by atoms with Crippen molar-refractivity contribution in [3.05, 3.63) is 57.1 Å². The number of hydrogen-bond acceptors (Lipinski definition) is 3. The highest BCUT2D eigenvalue weighted by Crippen LogP contribution is 2.23. The molecule has 1 atom stereocenters. The van der Waals surface area contributed by atoms with Crippen molar-refractivity contribution in [2.24, 2.45) is 0 Å². The lowest BCUT2D eigenvalue weighted by Gasteiger charge is -2.14. The molecule has 1 heterocycles. The van der Waals surface area contributed by atoms with Gasteiger partial charge in [0.05, 0.1) is 17.5 Å². The van der Waals surface area contributed by atoms with Gasteiger partial charge in [-0.3, -0.25) is 0 Å². The van der Waals surface area contributed by atoms with Crippen LogP contribution < -0.4 is 0 Å². The Morgan fingerprint density at radius 1 is 1.26 bits per heavy atom. The van der Waals surface area contributed by atoms with Gasteiger partial charge in [0.1, 0.15) is 5.82 Å². The second-order valence-corrected chi connectivity index (χ2v) is 5.40. The van der Waals surface area contributed by atoms with E-state index in [1.54, 1.807) is 25.1 Å². The summed E-state index contributed by atoms with van der Waals surface area (Å²) in [5, 5.41) is 18.1. The van der Waals surface area contributed by atoms with Crippen LogP contribution in [-0.4, -0.2) is 15.3 Å². The zero-order valence-corrected chi connectivity index (χ0v) is 12.3. The van der Waals surface area contributed by atoms with E-state index >= 15 is 0 Å². The molecule has 0 bridgehead atoms. The molecular formula is C14H14BrFN2O. The van der Waals surface area contributed by atoms with Gasteiger partial charge in [0.25, 0.3) is 0 Å². The molecule has 0 aliphatic rings. The number of hydrogen-bond donors (Lipinski definition) is 1. The molecule has 2 aromatic rings. The average molecular weight is 325 g/mol. The van der Waals surface area contributed by atoms with Gasteiger partial charge in [-0.05, 0) is 37.6 Å². The molecule has 0 spiro atoms. The van der Waals surface area contributed by atoms with E-state index in [0.717, 1.165) is 5.69 Å². The fourth-order valence-corrected chi connectivity index (χ4v) is 2.25. The van der Waals surface area contributed by atoms with E-state index in [1.165, 1.54) is 6.07 Å². The van der Waals surface area contributed by atoms with Gasteiger partial charge in [0, 0.05) is 16.5 Å². The summed E-state index contributed by atoms with van der Waals surface area (Å²) in [5.74, 6) is -0.329. The molecule has 19 heavy (non-hydrogen) atoms. The fraction of sp³-hybridized carbons (Fsp3) is 0.286. The van der Waals surface area contributed by atoms with Crippen LogP contribution in [0.1, 0.15) is 28.6 Å². The molecule has 100 valence electrons. The monoisotopic (exact) mass is 324 g/mol. The lowest BCUT2D eigenvalue weighted by molar-refractivity contribution is 0.175. The Labute approximate surface area is 119 Å². The molecule has 1 N–H and O–H groups in total. The summed E-state index contributed by atoms with van der Waals surface area (Å²) >= 11 is 3.21. The second-order valence-electron chi connectivity index (χ2n) is 4.48. The maximum Gasteiger partial charge on any atom is 0.127 e. The van der Waals surface area contributed by atoms with E-state index < -0.39 is 6.10 Å². The largest absolute Gasteiger partial charge is 0.388 e. The minimum absolute atomic E-state index is 0.213. The molecule has 3 nitrogen and oxygen atoms in total. The molecule has 0 saturated heterocycles. The third kappa shape index (κ3) is 3.36. The van der Waals surface area contributed by atoms with E-state index in [4.69, 9.17) is 0 Å². The van der Waals surface area contributed by atoms with Crippen LogP contribution in [0.3, 0.4) is 0 Å². The van der Waals surface area contributed by atoms with E-state index in [-0.39, 0.29) is 12.2 Å². The van der Waals surface area contributed by atoms with E-state index in [9.17, 15) is 9.50 Å². The van der Waals surface area contributed by atoms with Gasteiger partial charge in [0.15, 0.2) is 0 Å². The second kappa shape index (κ2) is 5.75. The molecule has 1 unspecified atom stereocenters. The molecule has 5 heteroatoms. The highest BCUT2D eigenvalue weighted by atomic mass is 79.9. The highest BCUT2D eigenvalue weighted by molar-refractivity contribution is 9.10. The minimum atomic E-state index is -0.787. The van der Waals surface area contributed by atoms with Crippen LogP contribution in [-0.2, 0) is 6.42 Å². The predicted molar refractivity (Wildman–Crippen MR) is 74.3 cm³/mol. The summed E-state index contributed by atoms with van der Waals surface area (Å²) < 4.78 is 14.4. The maximum atomic E-state index is 13.7. The summed E-state index contributed by atoms with van der Waals surface area (Å²) in [7, 11) is 0. The molecule has 0 saturated carbocycles. The Bertz CT molecular complexity index is 604. The number of nitrogens with zero attached hydrogens (tertiary/aromatic N) is 2. The Morgan fingerprint density at radius 2 is 2.00 bits per heavy atom. The highest BCUT2D eigenvalue weighted by Gasteiger charge is 2.15. The molecule has 0 amide bonds. The van der Waals surface area contributed by atoms with Crippen LogP contribution in [0.25, 0.3) is 0 Å². The average Bonchev–Trinajstić information content (AvgIpc) is 2.35. The standard InChI is InChI=1S/C14H14BrFN2O/c1-8-5-12(9(2)18-17-8)14(19)6-10-3-4-11(15)7-13(10)16/h3-5,7,14,19H,6H2,1-2H3. The van der Waals surface area contributed by atoms with Gasteiger partial charge >= 0.3 is 0 Å². The van der Waals surface area contributed by atoms with Crippen molar-refractivity contribution in [3.63, 3.8) is 0 Å². The molecule has 2 rings (SSSR count). The molecule has 0 aliphatic heterocycles. The quantitative estimate of drug-likeness (QED) is 0.942. The maximum absolute atomic E-state index is 13.7. The normalized spacial score (nSPS) is 12.5. The molecule has 1 aromatic heterocycles. The lowest BCUT2D eigenvalue weighted by atomic mass is 10.00. The first-order valence-corrected chi connectivity index (χ1v) is 6.69. The summed E-state index contributed by atoms with van der Waals surface area (Å²) in [5.41, 5.74) is 2.56. The predicted octanol–water partition coefficient (Wildman–Crippen LogP) is 3.27. The first kappa shape index (κ1) is 14.1. The molecular weight excluding hydrogens is 311 g/mol. The lowest BCUT2D eigenvalue weighted by Crippen LogP contribution is -2.08. The van der Waals surface area contributed by atoms with Gasteiger partial charge in [-0.2, -0.15) is 10.2 Å². The van der Waals surface area contributed by atoms with Gasteiger partial charge < -0.3 is 5.11 Å². The topological polar surface area (TPSA) is 46.0 Å². The SMILES string of the molecule is Cc1cc(C(O)Cc2ccc(Br)cc2F)c(C)nn1. The molecule has 0 fully saturated rings. The number of aromatic nitrogens is 2. The summed E-state index contributed by atoms with van der Waals surface area (Å²) in [4.78, 5) is 0. The summed E-state index contributed by atoms with van der Waals surface area (Å²) in [6.45, 7) is 3.59. The first-order valence-electron chi connectivity index (χ1n) is 5.90. The number of rotatable bonds is 3.